The number of rotatable bonds is 8. The van der Waals surface area contributed by atoms with Crippen molar-refractivity contribution in [1.29, 1.82) is 0 Å². The summed E-state index contributed by atoms with van der Waals surface area (Å²) in [7, 11) is 1.82. The highest BCUT2D eigenvalue weighted by atomic mass is 127. The predicted octanol–water partition coefficient (Wildman–Crippen LogP) is 3.17. The molecule has 1 aromatic carbocycles. The van der Waals surface area contributed by atoms with E-state index in [4.69, 9.17) is 4.74 Å². The lowest BCUT2D eigenvalue weighted by Crippen LogP contribution is -2.40. The normalized spacial score (nSPS) is 20.2. The highest BCUT2D eigenvalue weighted by Crippen LogP contribution is 2.34. The number of guanidine groups is 1. The largest absolute Gasteiger partial charge is 0.375 e. The van der Waals surface area contributed by atoms with Gasteiger partial charge in [0, 0.05) is 19.6 Å². The second-order valence-corrected chi connectivity index (χ2v) is 5.57. The zero-order valence-corrected chi connectivity index (χ0v) is 15.9. The summed E-state index contributed by atoms with van der Waals surface area (Å²) in [6, 6.07) is 10.9. The van der Waals surface area contributed by atoms with Crippen molar-refractivity contribution >= 4 is 29.9 Å². The van der Waals surface area contributed by atoms with Crippen LogP contribution in [0.4, 0.5) is 0 Å². The maximum Gasteiger partial charge on any atom is 0.191 e. The average molecular weight is 417 g/mol. The van der Waals surface area contributed by atoms with E-state index in [2.05, 4.69) is 34.7 Å². The van der Waals surface area contributed by atoms with Gasteiger partial charge in [0.05, 0.1) is 13.2 Å². The summed E-state index contributed by atoms with van der Waals surface area (Å²) in [6.45, 7) is 4.36. The Morgan fingerprint density at radius 3 is 2.77 bits per heavy atom. The Balaban J connectivity index is 0.00000242. The third-order valence-electron chi connectivity index (χ3n) is 3.78. The fourth-order valence-corrected chi connectivity index (χ4v) is 2.49. The molecule has 22 heavy (non-hydrogen) atoms. The van der Waals surface area contributed by atoms with E-state index in [9.17, 15) is 0 Å². The Morgan fingerprint density at radius 1 is 1.32 bits per heavy atom. The van der Waals surface area contributed by atoms with Crippen LogP contribution >= 0.6 is 24.0 Å². The molecule has 4 nitrogen and oxygen atoms in total. The van der Waals surface area contributed by atoms with Crippen molar-refractivity contribution in [3.05, 3.63) is 35.9 Å². The van der Waals surface area contributed by atoms with Crippen molar-refractivity contribution in [1.82, 2.24) is 10.6 Å². The van der Waals surface area contributed by atoms with E-state index >= 15 is 0 Å². The van der Waals surface area contributed by atoms with Crippen LogP contribution in [0, 0.1) is 5.92 Å². The maximum atomic E-state index is 5.65. The number of aliphatic imine (C=N–C) groups is 1. The van der Waals surface area contributed by atoms with E-state index in [1.165, 1.54) is 24.8 Å². The van der Waals surface area contributed by atoms with Crippen LogP contribution in [0.15, 0.2) is 35.3 Å². The lowest BCUT2D eigenvalue weighted by Gasteiger charge is -2.12. The molecule has 124 valence electrons. The summed E-state index contributed by atoms with van der Waals surface area (Å²) < 4.78 is 5.65. The van der Waals surface area contributed by atoms with Gasteiger partial charge in [0.25, 0.3) is 0 Å². The van der Waals surface area contributed by atoms with Crippen molar-refractivity contribution in [2.45, 2.75) is 38.8 Å². The van der Waals surface area contributed by atoms with Gasteiger partial charge in [0.15, 0.2) is 5.96 Å². The summed E-state index contributed by atoms with van der Waals surface area (Å²) in [5.41, 5.74) is 1.21. The molecule has 1 aliphatic carbocycles. The molecule has 1 saturated carbocycles. The first-order valence-corrected chi connectivity index (χ1v) is 7.92. The molecular formula is C17H28IN3O. The monoisotopic (exact) mass is 417 g/mol. The molecule has 1 aromatic rings. The van der Waals surface area contributed by atoms with Gasteiger partial charge in [-0.15, -0.1) is 24.0 Å². The fraction of sp³-hybridized carbons (Fsp3) is 0.588. The molecule has 0 heterocycles. The van der Waals surface area contributed by atoms with Gasteiger partial charge < -0.3 is 15.4 Å². The minimum Gasteiger partial charge on any atom is -0.375 e. The molecule has 0 aliphatic heterocycles. The van der Waals surface area contributed by atoms with E-state index in [1.807, 2.05) is 25.2 Å². The number of benzene rings is 1. The number of hydrogen-bond acceptors (Lipinski definition) is 2. The zero-order valence-electron chi connectivity index (χ0n) is 13.5. The summed E-state index contributed by atoms with van der Waals surface area (Å²) in [5.74, 6) is 1.73. The minimum atomic E-state index is 0. The van der Waals surface area contributed by atoms with Gasteiger partial charge >= 0.3 is 0 Å². The number of hydrogen-bond donors (Lipinski definition) is 2. The quantitative estimate of drug-likeness (QED) is 0.296. The Bertz CT molecular complexity index is 439. The summed E-state index contributed by atoms with van der Waals surface area (Å²) in [4.78, 5) is 4.26. The van der Waals surface area contributed by atoms with Crippen molar-refractivity contribution in [3.8, 4) is 0 Å². The van der Waals surface area contributed by atoms with Crippen LogP contribution in [-0.4, -0.2) is 32.2 Å². The molecule has 0 bridgehead atoms. The lowest BCUT2D eigenvalue weighted by atomic mass is 10.2. The molecule has 0 aromatic heterocycles. The second-order valence-electron chi connectivity index (χ2n) is 5.57. The number of nitrogens with zero attached hydrogens (tertiary/aromatic N) is 1. The first-order chi connectivity index (χ1) is 10.3. The fourth-order valence-electron chi connectivity index (χ4n) is 2.49. The van der Waals surface area contributed by atoms with Crippen molar-refractivity contribution < 1.29 is 4.74 Å². The molecule has 0 spiro atoms. The van der Waals surface area contributed by atoms with Gasteiger partial charge in [-0.25, -0.2) is 0 Å². The first kappa shape index (κ1) is 19.2. The predicted molar refractivity (Wildman–Crippen MR) is 103 cm³/mol. The van der Waals surface area contributed by atoms with Crippen LogP contribution in [-0.2, 0) is 11.3 Å². The van der Waals surface area contributed by atoms with Crippen LogP contribution < -0.4 is 10.6 Å². The van der Waals surface area contributed by atoms with Crippen LogP contribution in [0.5, 0.6) is 0 Å². The Kier molecular flexibility index (Phi) is 9.47. The molecule has 1 fully saturated rings. The van der Waals surface area contributed by atoms with E-state index in [-0.39, 0.29) is 24.0 Å². The van der Waals surface area contributed by atoms with Crippen molar-refractivity contribution in [2.75, 3.05) is 20.2 Å². The van der Waals surface area contributed by atoms with Gasteiger partial charge in [0.2, 0.25) is 0 Å². The number of ether oxygens (including phenoxy) is 1. The number of nitrogens with one attached hydrogen (secondary N) is 2. The molecule has 0 radical (unpaired) electrons. The Hall–Kier alpha value is -0.820. The van der Waals surface area contributed by atoms with Gasteiger partial charge in [-0.3, -0.25) is 4.99 Å². The van der Waals surface area contributed by atoms with Crippen LogP contribution in [0.1, 0.15) is 31.7 Å². The topological polar surface area (TPSA) is 45.7 Å². The summed E-state index contributed by atoms with van der Waals surface area (Å²) in [5, 5.41) is 6.77. The number of halogens is 1. The van der Waals surface area contributed by atoms with Crippen molar-refractivity contribution in [3.63, 3.8) is 0 Å². The molecule has 0 saturated heterocycles. The molecule has 2 unspecified atom stereocenters. The third kappa shape index (κ3) is 6.96. The van der Waals surface area contributed by atoms with E-state index in [0.717, 1.165) is 18.4 Å². The highest BCUT2D eigenvalue weighted by Gasteiger charge is 2.36. The van der Waals surface area contributed by atoms with Crippen LogP contribution in [0.3, 0.4) is 0 Å². The van der Waals surface area contributed by atoms with Gasteiger partial charge in [-0.1, -0.05) is 43.7 Å². The minimum absolute atomic E-state index is 0. The average Bonchev–Trinajstić information content (AvgIpc) is 3.25. The molecular weight excluding hydrogens is 389 g/mol. The second kappa shape index (κ2) is 10.8. The summed E-state index contributed by atoms with van der Waals surface area (Å²) >= 11 is 0. The maximum absolute atomic E-state index is 5.65. The molecule has 2 N–H and O–H groups in total. The van der Waals surface area contributed by atoms with Gasteiger partial charge in [0.1, 0.15) is 0 Å². The highest BCUT2D eigenvalue weighted by molar-refractivity contribution is 14.0. The molecule has 0 amide bonds. The van der Waals surface area contributed by atoms with E-state index in [0.29, 0.717) is 19.3 Å². The molecule has 2 rings (SSSR count). The molecule has 2 atom stereocenters. The standard InChI is InChI=1S/C17H27N3O.HI/c1-3-7-15-12-16(15)20-17(18-2)19-10-11-21-13-14-8-5-4-6-9-14;/h4-6,8-9,15-16H,3,7,10-13H2,1-2H3,(H2,18,19,20);1H. The first-order valence-electron chi connectivity index (χ1n) is 7.92. The lowest BCUT2D eigenvalue weighted by molar-refractivity contribution is 0.125. The van der Waals surface area contributed by atoms with Crippen molar-refractivity contribution in [2.24, 2.45) is 10.9 Å². The third-order valence-corrected chi connectivity index (χ3v) is 3.78. The molecule has 1 aliphatic rings. The zero-order chi connectivity index (χ0) is 14.9. The SMILES string of the molecule is CCCC1CC1NC(=NC)NCCOCc1ccccc1.I. The Labute approximate surface area is 151 Å². The van der Waals surface area contributed by atoms with Crippen LogP contribution in [0.2, 0.25) is 0 Å². The van der Waals surface area contributed by atoms with Crippen LogP contribution in [0.25, 0.3) is 0 Å². The summed E-state index contributed by atoms with van der Waals surface area (Å²) in [6.07, 6.45) is 3.86. The van der Waals surface area contributed by atoms with Gasteiger partial charge in [-0.05, 0) is 24.3 Å². The Morgan fingerprint density at radius 2 is 2.09 bits per heavy atom. The smallest absolute Gasteiger partial charge is 0.191 e. The molecule has 5 heteroatoms. The van der Waals surface area contributed by atoms with E-state index < -0.39 is 0 Å². The van der Waals surface area contributed by atoms with Gasteiger partial charge in [-0.2, -0.15) is 0 Å². The van der Waals surface area contributed by atoms with E-state index in [1.54, 1.807) is 0 Å².